The van der Waals surface area contributed by atoms with Crippen LogP contribution in [0.3, 0.4) is 0 Å². The molecule has 3 rings (SSSR count). The summed E-state index contributed by atoms with van der Waals surface area (Å²) in [5.74, 6) is 0.353. The third kappa shape index (κ3) is 4.03. The molecule has 0 amide bonds. The zero-order valence-electron chi connectivity index (χ0n) is 15.5. The van der Waals surface area contributed by atoms with Crippen LogP contribution in [0.2, 0.25) is 0 Å². The molecule has 0 unspecified atom stereocenters. The maximum atomic E-state index is 10.6. The van der Waals surface area contributed by atoms with Crippen LogP contribution in [0.25, 0.3) is 0 Å². The van der Waals surface area contributed by atoms with Gasteiger partial charge in [-0.3, -0.25) is 9.80 Å². The fraction of sp³-hybridized carbons (Fsp3) is 0.364. The smallest absolute Gasteiger partial charge is 0.120 e. The topological polar surface area (TPSA) is 26.7 Å². The van der Waals surface area contributed by atoms with E-state index >= 15 is 0 Å². The number of para-hydroxylation sites is 1. The van der Waals surface area contributed by atoms with E-state index in [2.05, 4.69) is 64.4 Å². The first kappa shape index (κ1) is 19.2. The van der Waals surface area contributed by atoms with Gasteiger partial charge in [0, 0.05) is 41.8 Å². The Balaban J connectivity index is 2.01. The molecule has 0 aliphatic carbocycles. The van der Waals surface area contributed by atoms with E-state index in [1.807, 2.05) is 30.3 Å². The van der Waals surface area contributed by atoms with Crippen molar-refractivity contribution in [1.82, 2.24) is 9.80 Å². The van der Waals surface area contributed by atoms with Crippen LogP contribution >= 0.6 is 15.9 Å². The van der Waals surface area contributed by atoms with Gasteiger partial charge < -0.3 is 5.11 Å². The van der Waals surface area contributed by atoms with Gasteiger partial charge in [0.05, 0.1) is 6.04 Å². The van der Waals surface area contributed by atoms with Crippen LogP contribution in [0, 0.1) is 0 Å². The van der Waals surface area contributed by atoms with Crippen molar-refractivity contribution in [3.63, 3.8) is 0 Å². The number of rotatable bonds is 5. The van der Waals surface area contributed by atoms with Gasteiger partial charge in [-0.15, -0.1) is 6.58 Å². The van der Waals surface area contributed by atoms with E-state index in [1.54, 1.807) is 6.07 Å². The van der Waals surface area contributed by atoms with E-state index in [-0.39, 0.29) is 6.04 Å². The minimum atomic E-state index is 0.0250. The van der Waals surface area contributed by atoms with Gasteiger partial charge in [-0.1, -0.05) is 52.3 Å². The molecule has 0 radical (unpaired) electrons. The number of hydrogen-bond acceptors (Lipinski definition) is 3. The van der Waals surface area contributed by atoms with Crippen LogP contribution in [0.1, 0.15) is 31.0 Å². The minimum absolute atomic E-state index is 0.0250. The van der Waals surface area contributed by atoms with Crippen molar-refractivity contribution < 1.29 is 5.11 Å². The van der Waals surface area contributed by atoms with Gasteiger partial charge in [-0.05, 0) is 37.6 Å². The highest BCUT2D eigenvalue weighted by atomic mass is 79.9. The second kappa shape index (κ2) is 8.38. The van der Waals surface area contributed by atoms with Crippen LogP contribution in [-0.4, -0.2) is 46.6 Å². The van der Waals surface area contributed by atoms with Crippen LogP contribution in [0.5, 0.6) is 5.75 Å². The lowest BCUT2D eigenvalue weighted by atomic mass is 9.93. The quantitative estimate of drug-likeness (QED) is 0.709. The highest BCUT2D eigenvalue weighted by Crippen LogP contribution is 2.37. The van der Waals surface area contributed by atoms with Crippen LogP contribution in [0.15, 0.2) is 65.7 Å². The number of benzene rings is 2. The molecule has 138 valence electrons. The van der Waals surface area contributed by atoms with Crippen molar-refractivity contribution in [2.45, 2.75) is 32.0 Å². The van der Waals surface area contributed by atoms with Crippen molar-refractivity contribution in [1.29, 1.82) is 0 Å². The van der Waals surface area contributed by atoms with E-state index < -0.39 is 0 Å². The Morgan fingerprint density at radius 3 is 2.62 bits per heavy atom. The van der Waals surface area contributed by atoms with Crippen LogP contribution < -0.4 is 0 Å². The zero-order chi connectivity index (χ0) is 18.7. The second-order valence-electron chi connectivity index (χ2n) is 7.15. The maximum absolute atomic E-state index is 10.6. The average molecular weight is 415 g/mol. The van der Waals surface area contributed by atoms with Gasteiger partial charge in [0.15, 0.2) is 0 Å². The summed E-state index contributed by atoms with van der Waals surface area (Å²) in [5, 5.41) is 10.6. The van der Waals surface area contributed by atoms with Gasteiger partial charge in [0.1, 0.15) is 5.75 Å². The van der Waals surface area contributed by atoms with Gasteiger partial charge in [-0.2, -0.15) is 0 Å². The Kier molecular flexibility index (Phi) is 6.17. The highest BCUT2D eigenvalue weighted by Gasteiger charge is 2.35. The standard InChI is InChI=1S/C22H27BrN2O/c1-4-12-24-14-17(3)25(15-16(24)2)22(18-8-7-9-19(23)13-18)20-10-5-6-11-21(20)26/h4-11,13,16-17,22,26H,1,12,14-15H2,2-3H3/t16-,17+,22-/m1/s1. The molecule has 1 aliphatic heterocycles. The van der Waals surface area contributed by atoms with Crippen LogP contribution in [-0.2, 0) is 0 Å². The summed E-state index contributed by atoms with van der Waals surface area (Å²) >= 11 is 3.60. The number of phenols is 1. The molecule has 4 heteroatoms. The Hall–Kier alpha value is -1.62. The lowest BCUT2D eigenvalue weighted by Gasteiger charge is -2.47. The molecular formula is C22H27BrN2O. The first-order valence-corrected chi connectivity index (χ1v) is 9.94. The van der Waals surface area contributed by atoms with Crippen molar-refractivity contribution >= 4 is 15.9 Å². The zero-order valence-corrected chi connectivity index (χ0v) is 17.1. The summed E-state index contributed by atoms with van der Waals surface area (Å²) in [7, 11) is 0. The van der Waals surface area contributed by atoms with E-state index in [0.29, 0.717) is 17.8 Å². The normalized spacial score (nSPS) is 22.9. The number of nitrogens with zero attached hydrogens (tertiary/aromatic N) is 2. The molecule has 3 nitrogen and oxygen atoms in total. The molecule has 1 N–H and O–H groups in total. The summed E-state index contributed by atoms with van der Waals surface area (Å²) in [6.45, 7) is 11.3. The summed E-state index contributed by atoms with van der Waals surface area (Å²) in [6, 6.07) is 16.9. The lowest BCUT2D eigenvalue weighted by molar-refractivity contribution is 0.0301. The molecule has 3 atom stereocenters. The van der Waals surface area contributed by atoms with Crippen molar-refractivity contribution in [3.05, 3.63) is 76.8 Å². The van der Waals surface area contributed by atoms with Crippen LogP contribution in [0.4, 0.5) is 0 Å². The summed E-state index contributed by atoms with van der Waals surface area (Å²) < 4.78 is 1.06. The fourth-order valence-corrected chi connectivity index (χ4v) is 4.37. The van der Waals surface area contributed by atoms with E-state index in [4.69, 9.17) is 0 Å². The molecule has 2 aromatic rings. The Bertz CT molecular complexity index is 763. The van der Waals surface area contributed by atoms with E-state index in [9.17, 15) is 5.11 Å². The van der Waals surface area contributed by atoms with E-state index in [0.717, 1.165) is 29.7 Å². The molecule has 1 heterocycles. The molecule has 1 saturated heterocycles. The van der Waals surface area contributed by atoms with Crippen molar-refractivity contribution in [3.8, 4) is 5.75 Å². The van der Waals surface area contributed by atoms with Gasteiger partial charge in [0.2, 0.25) is 0 Å². The molecule has 0 spiro atoms. The Labute approximate surface area is 165 Å². The van der Waals surface area contributed by atoms with Gasteiger partial charge >= 0.3 is 0 Å². The number of phenolic OH excluding ortho intramolecular Hbond substituents is 1. The molecular weight excluding hydrogens is 388 g/mol. The summed E-state index contributed by atoms with van der Waals surface area (Å²) in [4.78, 5) is 4.98. The largest absolute Gasteiger partial charge is 0.508 e. The average Bonchev–Trinajstić information content (AvgIpc) is 2.61. The SMILES string of the molecule is C=CCN1C[C@H](C)N([C@H](c2cccc(Br)c2)c2ccccc2O)C[C@H]1C. The summed E-state index contributed by atoms with van der Waals surface area (Å²) in [6.07, 6.45) is 1.98. The molecule has 1 aliphatic rings. The maximum Gasteiger partial charge on any atom is 0.120 e. The third-order valence-corrected chi connectivity index (χ3v) is 5.75. The first-order valence-electron chi connectivity index (χ1n) is 9.15. The molecule has 0 bridgehead atoms. The highest BCUT2D eigenvalue weighted by molar-refractivity contribution is 9.10. The molecule has 0 aromatic heterocycles. The number of piperazine rings is 1. The molecule has 1 fully saturated rings. The summed E-state index contributed by atoms with van der Waals surface area (Å²) in [5.41, 5.74) is 2.15. The third-order valence-electron chi connectivity index (χ3n) is 5.25. The Morgan fingerprint density at radius 2 is 1.92 bits per heavy atom. The number of hydrogen-bond donors (Lipinski definition) is 1. The Morgan fingerprint density at radius 1 is 1.15 bits per heavy atom. The number of aromatic hydroxyl groups is 1. The number of halogens is 1. The monoisotopic (exact) mass is 414 g/mol. The van der Waals surface area contributed by atoms with Crippen molar-refractivity contribution in [2.24, 2.45) is 0 Å². The predicted molar refractivity (Wildman–Crippen MR) is 111 cm³/mol. The van der Waals surface area contributed by atoms with Crippen molar-refractivity contribution in [2.75, 3.05) is 19.6 Å². The van der Waals surface area contributed by atoms with E-state index in [1.165, 1.54) is 5.56 Å². The molecule has 2 aromatic carbocycles. The molecule has 26 heavy (non-hydrogen) atoms. The minimum Gasteiger partial charge on any atom is -0.508 e. The predicted octanol–water partition coefficient (Wildman–Crippen LogP) is 4.82. The second-order valence-corrected chi connectivity index (χ2v) is 8.07. The molecule has 0 saturated carbocycles. The van der Waals surface area contributed by atoms with Gasteiger partial charge in [0.25, 0.3) is 0 Å². The fourth-order valence-electron chi connectivity index (χ4n) is 3.95. The lowest BCUT2D eigenvalue weighted by Crippen LogP contribution is -2.57. The van der Waals surface area contributed by atoms with Gasteiger partial charge in [-0.25, -0.2) is 0 Å². The first-order chi connectivity index (χ1) is 12.5.